The molecule has 0 saturated carbocycles. The highest BCUT2D eigenvalue weighted by Gasteiger charge is 2.40. The van der Waals surface area contributed by atoms with E-state index in [0.29, 0.717) is 6.54 Å². The lowest BCUT2D eigenvalue weighted by Gasteiger charge is -2.39. The van der Waals surface area contributed by atoms with Gasteiger partial charge < -0.3 is 0 Å². The summed E-state index contributed by atoms with van der Waals surface area (Å²) in [6.07, 6.45) is 0. The molecule has 4 nitrogen and oxygen atoms in total. The Kier molecular flexibility index (Phi) is 3.38. The SMILES string of the molecule is CC1(C)C(=O)NC(=O)CN1Cc1cc(Br)cs1. The van der Waals surface area contributed by atoms with E-state index >= 15 is 0 Å². The third kappa shape index (κ3) is 2.59. The molecular formula is C11H13BrN2O2S. The number of nitrogens with one attached hydrogen (secondary N) is 1. The highest BCUT2D eigenvalue weighted by molar-refractivity contribution is 9.10. The van der Waals surface area contributed by atoms with E-state index < -0.39 is 5.54 Å². The molecule has 6 heteroatoms. The van der Waals surface area contributed by atoms with E-state index in [4.69, 9.17) is 0 Å². The molecule has 1 fully saturated rings. The highest BCUT2D eigenvalue weighted by atomic mass is 79.9. The Morgan fingerprint density at radius 3 is 2.82 bits per heavy atom. The number of rotatable bonds is 2. The van der Waals surface area contributed by atoms with Crippen LogP contribution in [-0.2, 0) is 16.1 Å². The number of carbonyl (C=O) groups is 2. The number of halogens is 1. The molecule has 1 aliphatic rings. The van der Waals surface area contributed by atoms with Crippen molar-refractivity contribution in [1.29, 1.82) is 0 Å². The Hall–Kier alpha value is -0.720. The zero-order chi connectivity index (χ0) is 12.6. The molecule has 2 heterocycles. The molecule has 2 amide bonds. The second-order valence-corrected chi connectivity index (χ2v) is 6.44. The van der Waals surface area contributed by atoms with Gasteiger partial charge in [-0.2, -0.15) is 0 Å². The maximum Gasteiger partial charge on any atom is 0.246 e. The molecule has 0 bridgehead atoms. The van der Waals surface area contributed by atoms with Crippen molar-refractivity contribution in [1.82, 2.24) is 10.2 Å². The number of imide groups is 1. The van der Waals surface area contributed by atoms with Gasteiger partial charge in [0.1, 0.15) is 0 Å². The molecule has 1 aromatic heterocycles. The first-order valence-corrected chi connectivity index (χ1v) is 6.89. The van der Waals surface area contributed by atoms with Crippen molar-refractivity contribution in [2.75, 3.05) is 6.54 Å². The molecule has 0 aromatic carbocycles. The normalized spacial score (nSPS) is 20.4. The predicted octanol–water partition coefficient (Wildman–Crippen LogP) is 1.75. The third-order valence-electron chi connectivity index (χ3n) is 2.90. The number of carbonyl (C=O) groups excluding carboxylic acids is 2. The zero-order valence-corrected chi connectivity index (χ0v) is 12.0. The Morgan fingerprint density at radius 1 is 1.53 bits per heavy atom. The van der Waals surface area contributed by atoms with Gasteiger partial charge in [0.05, 0.1) is 12.1 Å². The maximum atomic E-state index is 11.8. The van der Waals surface area contributed by atoms with Crippen LogP contribution in [0.3, 0.4) is 0 Å². The van der Waals surface area contributed by atoms with Crippen LogP contribution in [0.1, 0.15) is 18.7 Å². The summed E-state index contributed by atoms with van der Waals surface area (Å²) in [5, 5.41) is 4.36. The lowest BCUT2D eigenvalue weighted by Crippen LogP contribution is -2.63. The molecule has 0 unspecified atom stereocenters. The van der Waals surface area contributed by atoms with Crippen molar-refractivity contribution < 1.29 is 9.59 Å². The van der Waals surface area contributed by atoms with E-state index in [2.05, 4.69) is 21.2 Å². The monoisotopic (exact) mass is 316 g/mol. The molecule has 1 N–H and O–H groups in total. The van der Waals surface area contributed by atoms with Crippen LogP contribution in [-0.4, -0.2) is 28.8 Å². The second-order valence-electron chi connectivity index (χ2n) is 4.52. The molecule has 1 aromatic rings. The Bertz CT molecular complexity index is 470. The van der Waals surface area contributed by atoms with Gasteiger partial charge >= 0.3 is 0 Å². The average Bonchev–Trinajstić information content (AvgIpc) is 2.61. The highest BCUT2D eigenvalue weighted by Crippen LogP contribution is 2.25. The van der Waals surface area contributed by atoms with E-state index in [9.17, 15) is 9.59 Å². The quantitative estimate of drug-likeness (QED) is 0.846. The number of nitrogens with zero attached hydrogens (tertiary/aromatic N) is 1. The van der Waals surface area contributed by atoms with E-state index in [0.717, 1.165) is 9.35 Å². The van der Waals surface area contributed by atoms with Crippen molar-refractivity contribution >= 4 is 39.1 Å². The summed E-state index contributed by atoms with van der Waals surface area (Å²) in [7, 11) is 0. The predicted molar refractivity (Wildman–Crippen MR) is 69.7 cm³/mol. The van der Waals surface area contributed by atoms with Crippen LogP contribution in [0.2, 0.25) is 0 Å². The van der Waals surface area contributed by atoms with Crippen LogP contribution in [0.4, 0.5) is 0 Å². The van der Waals surface area contributed by atoms with Crippen LogP contribution in [0.5, 0.6) is 0 Å². The topological polar surface area (TPSA) is 49.4 Å². The molecule has 0 radical (unpaired) electrons. The van der Waals surface area contributed by atoms with Crippen molar-refractivity contribution in [2.45, 2.75) is 25.9 Å². The van der Waals surface area contributed by atoms with Gasteiger partial charge in [0.15, 0.2) is 0 Å². The maximum absolute atomic E-state index is 11.8. The lowest BCUT2D eigenvalue weighted by atomic mass is 9.98. The summed E-state index contributed by atoms with van der Waals surface area (Å²) in [6.45, 7) is 4.53. The Labute approximate surface area is 112 Å². The molecule has 2 rings (SSSR count). The van der Waals surface area contributed by atoms with Gasteiger partial charge in [0, 0.05) is 21.3 Å². The van der Waals surface area contributed by atoms with Gasteiger partial charge in [-0.25, -0.2) is 0 Å². The first-order chi connectivity index (χ1) is 7.89. The molecular weight excluding hydrogens is 304 g/mol. The molecule has 17 heavy (non-hydrogen) atoms. The fourth-order valence-corrected chi connectivity index (χ4v) is 3.18. The van der Waals surface area contributed by atoms with Crippen molar-refractivity contribution in [3.05, 3.63) is 20.8 Å². The van der Waals surface area contributed by atoms with Gasteiger partial charge in [-0.1, -0.05) is 0 Å². The van der Waals surface area contributed by atoms with E-state index in [1.807, 2.05) is 30.2 Å². The minimum atomic E-state index is -0.648. The third-order valence-corrected chi connectivity index (χ3v) is 4.58. The van der Waals surface area contributed by atoms with Gasteiger partial charge in [-0.15, -0.1) is 11.3 Å². The number of amides is 2. The number of hydrogen-bond acceptors (Lipinski definition) is 4. The van der Waals surface area contributed by atoms with Gasteiger partial charge in [0.2, 0.25) is 11.8 Å². The fraction of sp³-hybridized carbons (Fsp3) is 0.455. The molecule has 0 aliphatic carbocycles. The van der Waals surface area contributed by atoms with Crippen LogP contribution >= 0.6 is 27.3 Å². The Balaban J connectivity index is 2.18. The van der Waals surface area contributed by atoms with Crippen LogP contribution in [0.15, 0.2) is 15.9 Å². The number of thiophene rings is 1. The minimum absolute atomic E-state index is 0.232. The van der Waals surface area contributed by atoms with Crippen LogP contribution < -0.4 is 5.32 Å². The first kappa shape index (κ1) is 12.7. The summed E-state index contributed by atoms with van der Waals surface area (Å²) < 4.78 is 1.03. The zero-order valence-electron chi connectivity index (χ0n) is 9.62. The summed E-state index contributed by atoms with van der Waals surface area (Å²) in [5.41, 5.74) is -0.648. The second kappa shape index (κ2) is 4.51. The van der Waals surface area contributed by atoms with Crippen molar-refractivity contribution in [3.8, 4) is 0 Å². The van der Waals surface area contributed by atoms with Gasteiger partial charge in [-0.3, -0.25) is 19.8 Å². The summed E-state index contributed by atoms with van der Waals surface area (Å²) in [6, 6.07) is 2.01. The Morgan fingerprint density at radius 2 is 2.24 bits per heavy atom. The van der Waals surface area contributed by atoms with Crippen LogP contribution in [0.25, 0.3) is 0 Å². The van der Waals surface area contributed by atoms with Crippen molar-refractivity contribution in [3.63, 3.8) is 0 Å². The van der Waals surface area contributed by atoms with Gasteiger partial charge in [0.25, 0.3) is 0 Å². The van der Waals surface area contributed by atoms with Gasteiger partial charge in [-0.05, 0) is 35.8 Å². The van der Waals surface area contributed by atoms with Crippen LogP contribution in [0, 0.1) is 0 Å². The summed E-state index contributed by atoms with van der Waals surface area (Å²) in [5.74, 6) is -0.464. The lowest BCUT2D eigenvalue weighted by molar-refractivity contribution is -0.145. The smallest absolute Gasteiger partial charge is 0.246 e. The van der Waals surface area contributed by atoms with E-state index in [1.54, 1.807) is 11.3 Å². The molecule has 0 spiro atoms. The minimum Gasteiger partial charge on any atom is -0.294 e. The van der Waals surface area contributed by atoms with E-state index in [1.165, 1.54) is 0 Å². The molecule has 1 saturated heterocycles. The number of hydrogen-bond donors (Lipinski definition) is 1. The van der Waals surface area contributed by atoms with Crippen molar-refractivity contribution in [2.24, 2.45) is 0 Å². The average molecular weight is 317 g/mol. The standard InChI is InChI=1S/C11H13BrN2O2S/c1-11(2)10(16)13-9(15)5-14(11)4-8-3-7(12)6-17-8/h3,6H,4-5H2,1-2H3,(H,13,15,16). The largest absolute Gasteiger partial charge is 0.294 e. The molecule has 92 valence electrons. The molecule has 0 atom stereocenters. The fourth-order valence-electron chi connectivity index (χ4n) is 1.71. The van der Waals surface area contributed by atoms with E-state index in [-0.39, 0.29) is 18.4 Å². The summed E-state index contributed by atoms with van der Waals surface area (Å²) >= 11 is 5.01. The number of piperazine rings is 1. The summed E-state index contributed by atoms with van der Waals surface area (Å²) in [4.78, 5) is 26.2. The molecule has 1 aliphatic heterocycles. The first-order valence-electron chi connectivity index (χ1n) is 5.22.